The van der Waals surface area contributed by atoms with Crippen molar-refractivity contribution in [2.24, 2.45) is 7.05 Å². The van der Waals surface area contributed by atoms with Crippen molar-refractivity contribution in [2.75, 3.05) is 0 Å². The van der Waals surface area contributed by atoms with Crippen LogP contribution in [0.15, 0.2) is 65.3 Å². The molecular formula is C27H44N4S2. The number of aromatic nitrogens is 4. The molecule has 0 unspecified atom stereocenters. The van der Waals surface area contributed by atoms with E-state index in [0.717, 1.165) is 0 Å². The minimum Gasteiger partial charge on any atom is -0.276 e. The lowest BCUT2D eigenvalue weighted by molar-refractivity contribution is 0.767. The second kappa shape index (κ2) is 22.9. The van der Waals surface area contributed by atoms with E-state index in [1.165, 1.54) is 40.2 Å². The number of hydrogen-bond acceptors (Lipinski definition) is 5. The van der Waals surface area contributed by atoms with Crippen LogP contribution in [0.25, 0.3) is 0 Å². The van der Waals surface area contributed by atoms with Crippen molar-refractivity contribution >= 4 is 22.9 Å². The second-order valence-electron chi connectivity index (χ2n) is 7.34. The van der Waals surface area contributed by atoms with Crippen LogP contribution in [0, 0.1) is 20.8 Å². The molecule has 0 amide bonds. The number of hydrogen-bond donors (Lipinski definition) is 0. The fourth-order valence-corrected chi connectivity index (χ4v) is 3.03. The normalized spacial score (nSPS) is 8.70. The molecule has 0 saturated carbocycles. The molecule has 0 spiro atoms. The van der Waals surface area contributed by atoms with Gasteiger partial charge in [-0.25, -0.2) is 4.37 Å². The van der Waals surface area contributed by atoms with Gasteiger partial charge in [0.15, 0.2) is 0 Å². The van der Waals surface area contributed by atoms with Crippen LogP contribution >= 0.6 is 22.9 Å². The summed E-state index contributed by atoms with van der Waals surface area (Å²) in [7, 11) is 1.91. The van der Waals surface area contributed by atoms with E-state index in [2.05, 4.69) is 72.0 Å². The van der Waals surface area contributed by atoms with E-state index in [1.54, 1.807) is 22.2 Å². The van der Waals surface area contributed by atoms with Gasteiger partial charge in [0.2, 0.25) is 0 Å². The molecule has 4 aromatic heterocycles. The molecule has 0 aromatic carbocycles. The summed E-state index contributed by atoms with van der Waals surface area (Å²) in [6.45, 7) is 18.7. The molecule has 0 atom stereocenters. The number of pyridine rings is 1. The lowest BCUT2D eigenvalue weighted by Gasteiger charge is -2.00. The van der Waals surface area contributed by atoms with Gasteiger partial charge in [0, 0.05) is 37.2 Å². The molecule has 0 saturated heterocycles. The van der Waals surface area contributed by atoms with Gasteiger partial charge in [0.05, 0.1) is 6.20 Å². The molecular weight excluding hydrogens is 444 g/mol. The van der Waals surface area contributed by atoms with Crippen molar-refractivity contribution in [1.29, 1.82) is 0 Å². The minimum atomic E-state index is 0.596. The van der Waals surface area contributed by atoms with Crippen LogP contribution in [0.1, 0.15) is 76.1 Å². The van der Waals surface area contributed by atoms with Crippen molar-refractivity contribution in [3.05, 3.63) is 87.6 Å². The predicted molar refractivity (Wildman–Crippen MR) is 149 cm³/mol. The zero-order valence-corrected chi connectivity index (χ0v) is 23.9. The molecule has 33 heavy (non-hydrogen) atoms. The van der Waals surface area contributed by atoms with E-state index in [9.17, 15) is 0 Å². The van der Waals surface area contributed by atoms with Gasteiger partial charge in [0.1, 0.15) is 0 Å². The van der Waals surface area contributed by atoms with E-state index in [0.29, 0.717) is 5.92 Å². The minimum absolute atomic E-state index is 0.596. The third-order valence-corrected chi connectivity index (χ3v) is 4.91. The summed E-state index contributed by atoms with van der Waals surface area (Å²) >= 11 is 3.23. The van der Waals surface area contributed by atoms with Gasteiger partial charge >= 0.3 is 0 Å². The molecule has 4 rings (SSSR count). The largest absolute Gasteiger partial charge is 0.276 e. The van der Waals surface area contributed by atoms with Crippen molar-refractivity contribution in [3.63, 3.8) is 0 Å². The maximum Gasteiger partial charge on any atom is 0.0518 e. The molecule has 184 valence electrons. The Morgan fingerprint density at radius 3 is 1.76 bits per heavy atom. The lowest BCUT2D eigenvalue weighted by atomic mass is 10.1. The first kappa shape index (κ1) is 32.9. The molecule has 4 heterocycles. The average Bonchev–Trinajstić information content (AvgIpc) is 3.57. The molecule has 0 fully saturated rings. The summed E-state index contributed by atoms with van der Waals surface area (Å²) in [6, 6.07) is 6.16. The summed E-state index contributed by atoms with van der Waals surface area (Å²) in [6.07, 6.45) is 10.6. The highest BCUT2D eigenvalue weighted by Gasteiger charge is 1.94. The first-order valence-corrected chi connectivity index (χ1v) is 13.3. The smallest absolute Gasteiger partial charge is 0.0518 e. The molecule has 6 heteroatoms. The SMILES string of the molecule is CC.CC(C)c1cccnc1.CCC.Cc1ccsc1.Cc1cnn(C)c1.Cc1cnsc1. The molecule has 0 N–H and O–H groups in total. The maximum atomic E-state index is 4.01. The predicted octanol–water partition coefficient (Wildman–Crippen LogP) is 8.88. The van der Waals surface area contributed by atoms with Crippen LogP contribution in [0.3, 0.4) is 0 Å². The first-order chi connectivity index (χ1) is 15.8. The molecule has 4 nitrogen and oxygen atoms in total. The Labute approximate surface area is 210 Å². The van der Waals surface area contributed by atoms with E-state index < -0.39 is 0 Å². The molecule has 0 radical (unpaired) electrons. The Kier molecular flexibility index (Phi) is 22.8. The first-order valence-electron chi connectivity index (χ1n) is 11.5. The van der Waals surface area contributed by atoms with E-state index in [1.807, 2.05) is 71.0 Å². The Morgan fingerprint density at radius 1 is 0.909 bits per heavy atom. The summed E-state index contributed by atoms with van der Waals surface area (Å²) in [5.74, 6) is 0.596. The van der Waals surface area contributed by atoms with Gasteiger partial charge in [-0.05, 0) is 83.4 Å². The van der Waals surface area contributed by atoms with E-state index in [4.69, 9.17) is 0 Å². The highest BCUT2D eigenvalue weighted by atomic mass is 32.1. The third-order valence-electron chi connectivity index (χ3n) is 3.40. The van der Waals surface area contributed by atoms with E-state index >= 15 is 0 Å². The highest BCUT2D eigenvalue weighted by Crippen LogP contribution is 2.10. The Bertz CT molecular complexity index is 804. The summed E-state index contributed by atoms with van der Waals surface area (Å²) < 4.78 is 5.65. The average molecular weight is 489 g/mol. The van der Waals surface area contributed by atoms with Gasteiger partial charge in [-0.1, -0.05) is 54.0 Å². The number of aryl methyl sites for hydroxylation is 4. The third kappa shape index (κ3) is 21.3. The molecule has 0 aliphatic heterocycles. The number of nitrogens with zero attached hydrogens (tertiary/aromatic N) is 4. The Morgan fingerprint density at radius 2 is 1.58 bits per heavy atom. The van der Waals surface area contributed by atoms with Crippen molar-refractivity contribution in [1.82, 2.24) is 19.1 Å². The quantitative estimate of drug-likeness (QED) is 0.269. The van der Waals surface area contributed by atoms with E-state index in [-0.39, 0.29) is 0 Å². The van der Waals surface area contributed by atoms with Crippen molar-refractivity contribution in [3.8, 4) is 0 Å². The van der Waals surface area contributed by atoms with Crippen LogP contribution in [0.5, 0.6) is 0 Å². The van der Waals surface area contributed by atoms with Gasteiger partial charge in [-0.3, -0.25) is 9.67 Å². The number of rotatable bonds is 1. The second-order valence-corrected chi connectivity index (χ2v) is 8.78. The fourth-order valence-electron chi connectivity index (χ4n) is 1.85. The molecule has 0 aliphatic carbocycles. The molecule has 0 aliphatic rings. The fraction of sp³-hybridized carbons (Fsp3) is 0.444. The lowest BCUT2D eigenvalue weighted by Crippen LogP contribution is -1.85. The highest BCUT2D eigenvalue weighted by molar-refractivity contribution is 7.07. The molecule has 0 bridgehead atoms. The zero-order chi connectivity index (χ0) is 25.5. The monoisotopic (exact) mass is 488 g/mol. The van der Waals surface area contributed by atoms with Crippen molar-refractivity contribution < 1.29 is 0 Å². The maximum absolute atomic E-state index is 4.01. The topological polar surface area (TPSA) is 43.6 Å². The Balaban J connectivity index is 0. The van der Waals surface area contributed by atoms with Crippen LogP contribution in [-0.2, 0) is 7.05 Å². The summed E-state index contributed by atoms with van der Waals surface area (Å²) in [5.41, 5.74) is 5.13. The number of thiophene rings is 1. The van der Waals surface area contributed by atoms with Crippen LogP contribution < -0.4 is 0 Å². The van der Waals surface area contributed by atoms with Gasteiger partial charge in [-0.2, -0.15) is 16.4 Å². The van der Waals surface area contributed by atoms with Crippen LogP contribution in [0.4, 0.5) is 0 Å². The van der Waals surface area contributed by atoms with Crippen molar-refractivity contribution in [2.45, 2.75) is 74.7 Å². The summed E-state index contributed by atoms with van der Waals surface area (Å²) in [5, 5.41) is 10.2. The van der Waals surface area contributed by atoms with Crippen LogP contribution in [-0.4, -0.2) is 19.1 Å². The van der Waals surface area contributed by atoms with Crippen LogP contribution in [0.2, 0.25) is 0 Å². The Hall–Kier alpha value is -2.31. The standard InChI is InChI=1S/C8H11N.C5H8N2.C5H6S.C4H5NS.C3H8.C2H6/c1-7(2)8-4-3-5-9-6-8;1-5-3-6-7(2)4-5;1-5-2-3-6-4-5;1-4-2-5-6-3-4;1-3-2;1-2/h3-7H,1-2H3;3-4H,1-2H3;2-4H,1H3;2-3H,1H3;3H2,1-2H3;1-2H3. The van der Waals surface area contributed by atoms with Gasteiger partial charge in [0.25, 0.3) is 0 Å². The molecule has 4 aromatic rings. The van der Waals surface area contributed by atoms with Gasteiger partial charge < -0.3 is 0 Å². The summed E-state index contributed by atoms with van der Waals surface area (Å²) in [4.78, 5) is 4.01. The van der Waals surface area contributed by atoms with Gasteiger partial charge in [-0.15, -0.1) is 0 Å². The zero-order valence-electron chi connectivity index (χ0n) is 22.2.